The molecular weight excluding hydrogens is 204 g/mol. The molecule has 4 heteroatoms. The van der Waals surface area contributed by atoms with Crippen LogP contribution >= 0.6 is 0 Å². The Balaban J connectivity index is 2.19. The van der Waals surface area contributed by atoms with Crippen LogP contribution in [0.3, 0.4) is 0 Å². The normalized spacial score (nSPS) is 17.6. The van der Waals surface area contributed by atoms with E-state index in [4.69, 9.17) is 4.74 Å². The Morgan fingerprint density at radius 2 is 1.88 bits per heavy atom. The number of hydrogen-bond acceptors (Lipinski definition) is 4. The zero-order valence-electron chi connectivity index (χ0n) is 9.77. The largest absolute Gasteiger partial charge is 0.785 e. The van der Waals surface area contributed by atoms with Crippen LogP contribution in [0.1, 0.15) is 5.56 Å². The van der Waals surface area contributed by atoms with Crippen molar-refractivity contribution < 1.29 is 4.74 Å². The fourth-order valence-electron chi connectivity index (χ4n) is 1.99. The average molecular weight is 221 g/mol. The number of hydroxylamine groups is 2. The minimum absolute atomic E-state index is 0.580. The number of anilines is 1. The molecule has 0 radical (unpaired) electrons. The Morgan fingerprint density at radius 3 is 2.50 bits per heavy atom. The topological polar surface area (TPSA) is 38.8 Å². The van der Waals surface area contributed by atoms with E-state index in [1.807, 2.05) is 12.1 Å². The molecule has 0 N–H and O–H groups in total. The van der Waals surface area contributed by atoms with Gasteiger partial charge in [-0.25, -0.2) is 0 Å². The number of methoxy groups -OCH3 is 1. The van der Waals surface area contributed by atoms with Gasteiger partial charge in [-0.05, 0) is 18.6 Å². The molecule has 0 atom stereocenters. The first-order valence-electron chi connectivity index (χ1n) is 5.52. The third-order valence-electron chi connectivity index (χ3n) is 3.00. The first-order valence-corrected chi connectivity index (χ1v) is 5.52. The van der Waals surface area contributed by atoms with Gasteiger partial charge in [0.25, 0.3) is 0 Å². The van der Waals surface area contributed by atoms with Crippen molar-refractivity contribution in [1.82, 2.24) is 5.06 Å². The number of hydrogen-bond donors (Lipinski definition) is 0. The Hall–Kier alpha value is -1.26. The van der Waals surface area contributed by atoms with Gasteiger partial charge in [0.15, 0.2) is 0 Å². The van der Waals surface area contributed by atoms with Crippen molar-refractivity contribution in [2.45, 2.75) is 6.92 Å². The van der Waals surface area contributed by atoms with Crippen molar-refractivity contribution in [2.75, 3.05) is 38.2 Å². The standard InChI is InChI=1S/C12H17N2O2/c1-10-3-4-11(16-2)9-12(10)13-5-7-14(15)8-6-13/h3-4,9H,5-8H2,1-2H3/q-1. The maximum absolute atomic E-state index is 11.1. The third kappa shape index (κ3) is 2.28. The molecule has 0 aromatic heterocycles. The third-order valence-corrected chi connectivity index (χ3v) is 3.00. The Labute approximate surface area is 96.0 Å². The summed E-state index contributed by atoms with van der Waals surface area (Å²) in [4.78, 5) is 2.24. The van der Waals surface area contributed by atoms with Crippen LogP contribution < -0.4 is 9.64 Å². The number of nitrogens with zero attached hydrogens (tertiary/aromatic N) is 2. The summed E-state index contributed by atoms with van der Waals surface area (Å²) < 4.78 is 5.22. The summed E-state index contributed by atoms with van der Waals surface area (Å²) in [5, 5.41) is 12.2. The van der Waals surface area contributed by atoms with E-state index in [2.05, 4.69) is 17.9 Å². The molecule has 0 bridgehead atoms. The van der Waals surface area contributed by atoms with E-state index >= 15 is 0 Å². The smallest absolute Gasteiger partial charge is 0.120 e. The van der Waals surface area contributed by atoms with Gasteiger partial charge in [-0.3, -0.25) is 0 Å². The molecule has 1 aliphatic heterocycles. The number of aryl methyl sites for hydroxylation is 1. The molecule has 1 aliphatic rings. The predicted octanol–water partition coefficient (Wildman–Crippen LogP) is 1.62. The molecule has 4 nitrogen and oxygen atoms in total. The monoisotopic (exact) mass is 221 g/mol. The minimum atomic E-state index is 0.580. The van der Waals surface area contributed by atoms with E-state index in [0.717, 1.165) is 23.9 Å². The lowest BCUT2D eigenvalue weighted by atomic mass is 10.1. The summed E-state index contributed by atoms with van der Waals surface area (Å²) >= 11 is 0. The minimum Gasteiger partial charge on any atom is -0.785 e. The van der Waals surface area contributed by atoms with Gasteiger partial charge in [0.05, 0.1) is 7.11 Å². The van der Waals surface area contributed by atoms with Gasteiger partial charge < -0.3 is 19.9 Å². The van der Waals surface area contributed by atoms with Crippen LogP contribution in [0.2, 0.25) is 0 Å². The van der Waals surface area contributed by atoms with Crippen LogP contribution in [-0.4, -0.2) is 38.4 Å². The molecule has 0 spiro atoms. The van der Waals surface area contributed by atoms with Crippen molar-refractivity contribution in [1.29, 1.82) is 0 Å². The van der Waals surface area contributed by atoms with Gasteiger partial charge in [0, 0.05) is 37.9 Å². The maximum atomic E-state index is 11.1. The van der Waals surface area contributed by atoms with Gasteiger partial charge in [-0.2, -0.15) is 0 Å². The molecular formula is C12H17N2O2-. The molecule has 0 aliphatic carbocycles. The van der Waals surface area contributed by atoms with Crippen molar-refractivity contribution in [3.63, 3.8) is 0 Å². The lowest BCUT2D eigenvalue weighted by Crippen LogP contribution is -2.44. The highest BCUT2D eigenvalue weighted by Crippen LogP contribution is 2.26. The van der Waals surface area contributed by atoms with E-state index in [9.17, 15) is 5.21 Å². The van der Waals surface area contributed by atoms with E-state index < -0.39 is 0 Å². The number of piperazine rings is 1. The lowest BCUT2D eigenvalue weighted by molar-refractivity contribution is 0.350. The van der Waals surface area contributed by atoms with Crippen LogP contribution in [0.25, 0.3) is 0 Å². The number of rotatable bonds is 2. The van der Waals surface area contributed by atoms with Crippen LogP contribution in [0.15, 0.2) is 18.2 Å². The van der Waals surface area contributed by atoms with E-state index in [0.29, 0.717) is 13.1 Å². The number of benzene rings is 1. The first-order chi connectivity index (χ1) is 7.70. The van der Waals surface area contributed by atoms with Crippen molar-refractivity contribution >= 4 is 5.69 Å². The van der Waals surface area contributed by atoms with Crippen LogP contribution in [0, 0.1) is 12.1 Å². The fraction of sp³-hybridized carbons (Fsp3) is 0.500. The maximum Gasteiger partial charge on any atom is 0.120 e. The predicted molar refractivity (Wildman–Crippen MR) is 64.9 cm³/mol. The van der Waals surface area contributed by atoms with Crippen molar-refractivity contribution in [2.24, 2.45) is 0 Å². The molecule has 1 heterocycles. The second-order valence-electron chi connectivity index (χ2n) is 4.07. The van der Waals surface area contributed by atoms with Crippen LogP contribution in [0.4, 0.5) is 5.69 Å². The second kappa shape index (κ2) is 4.72. The van der Waals surface area contributed by atoms with E-state index in [-0.39, 0.29) is 0 Å². The van der Waals surface area contributed by atoms with Gasteiger partial charge in [0.1, 0.15) is 5.75 Å². The molecule has 16 heavy (non-hydrogen) atoms. The molecule has 2 rings (SSSR count). The molecule has 1 aromatic carbocycles. The summed E-state index contributed by atoms with van der Waals surface area (Å²) in [7, 11) is 1.67. The highest BCUT2D eigenvalue weighted by atomic mass is 16.5. The average Bonchev–Trinajstić information content (AvgIpc) is 2.31. The Kier molecular flexibility index (Phi) is 3.31. The number of ether oxygens (including phenoxy) is 1. The summed E-state index contributed by atoms with van der Waals surface area (Å²) in [6.07, 6.45) is 0. The Bertz CT molecular complexity index is 360. The quantitative estimate of drug-likeness (QED) is 0.760. The zero-order valence-corrected chi connectivity index (χ0v) is 9.77. The molecule has 1 saturated heterocycles. The molecule has 0 unspecified atom stereocenters. The zero-order chi connectivity index (χ0) is 11.5. The van der Waals surface area contributed by atoms with Crippen molar-refractivity contribution in [3.05, 3.63) is 29.0 Å². The first kappa shape index (κ1) is 11.2. The Morgan fingerprint density at radius 1 is 1.19 bits per heavy atom. The van der Waals surface area contributed by atoms with Gasteiger partial charge >= 0.3 is 0 Å². The summed E-state index contributed by atoms with van der Waals surface area (Å²) in [5.41, 5.74) is 2.40. The van der Waals surface area contributed by atoms with Crippen molar-refractivity contribution in [3.8, 4) is 5.75 Å². The molecule has 0 amide bonds. The van der Waals surface area contributed by atoms with Gasteiger partial charge in [-0.15, -0.1) is 0 Å². The lowest BCUT2D eigenvalue weighted by Gasteiger charge is -2.40. The fourth-order valence-corrected chi connectivity index (χ4v) is 1.99. The SMILES string of the molecule is COc1ccc(C)c(N2CCN([O-])CC2)c1. The van der Waals surface area contributed by atoms with Crippen LogP contribution in [0.5, 0.6) is 5.75 Å². The second-order valence-corrected chi connectivity index (χ2v) is 4.07. The highest BCUT2D eigenvalue weighted by Gasteiger charge is 2.14. The van der Waals surface area contributed by atoms with E-state index in [1.54, 1.807) is 7.11 Å². The molecule has 1 fully saturated rings. The van der Waals surface area contributed by atoms with Gasteiger partial charge in [-0.1, -0.05) is 6.07 Å². The molecule has 1 aromatic rings. The van der Waals surface area contributed by atoms with Crippen LogP contribution in [-0.2, 0) is 0 Å². The molecule has 0 saturated carbocycles. The summed E-state index contributed by atoms with van der Waals surface area (Å²) in [6.45, 7) is 4.82. The van der Waals surface area contributed by atoms with Gasteiger partial charge in [0.2, 0.25) is 0 Å². The van der Waals surface area contributed by atoms with E-state index in [1.165, 1.54) is 11.3 Å². The molecule has 88 valence electrons. The summed E-state index contributed by atoms with van der Waals surface area (Å²) in [6, 6.07) is 6.05. The summed E-state index contributed by atoms with van der Waals surface area (Å²) in [5.74, 6) is 0.866. The highest BCUT2D eigenvalue weighted by molar-refractivity contribution is 5.57.